The quantitative estimate of drug-likeness (QED) is 0.766. The van der Waals surface area contributed by atoms with Gasteiger partial charge in [0.15, 0.2) is 6.23 Å². The number of likely N-dealkylation sites (tertiary alicyclic amines) is 1. The second-order valence-electron chi connectivity index (χ2n) is 4.04. The molecule has 16 heavy (non-hydrogen) atoms. The Balaban J connectivity index is 2.14. The molecule has 0 bridgehead atoms. The van der Waals surface area contributed by atoms with Gasteiger partial charge in [-0.2, -0.15) is 0 Å². The van der Waals surface area contributed by atoms with Crippen LogP contribution in [-0.2, 0) is 9.53 Å². The van der Waals surface area contributed by atoms with Crippen molar-refractivity contribution < 1.29 is 9.53 Å². The van der Waals surface area contributed by atoms with E-state index in [2.05, 4.69) is 4.90 Å². The summed E-state index contributed by atoms with van der Waals surface area (Å²) in [6.45, 7) is 2.14. The van der Waals surface area contributed by atoms with Crippen LogP contribution in [0, 0.1) is 0 Å². The normalized spacial score (nSPS) is 22.9. The van der Waals surface area contributed by atoms with Gasteiger partial charge in [-0.25, -0.2) is 0 Å². The molecule has 2 rings (SSSR count). The molecule has 86 valence electrons. The first-order chi connectivity index (χ1) is 7.81. The van der Waals surface area contributed by atoms with Crippen LogP contribution in [-0.4, -0.2) is 30.5 Å². The van der Waals surface area contributed by atoms with E-state index in [4.69, 9.17) is 10.5 Å². The maximum Gasteiger partial charge on any atom is 0.294 e. The Morgan fingerprint density at radius 3 is 2.75 bits per heavy atom. The fourth-order valence-corrected chi connectivity index (χ4v) is 2.07. The minimum absolute atomic E-state index is 0.182. The molecule has 1 aromatic carbocycles. The molecule has 1 aromatic rings. The summed E-state index contributed by atoms with van der Waals surface area (Å²) in [6, 6.07) is 9.91. The molecule has 0 saturated carbocycles. The van der Waals surface area contributed by atoms with E-state index in [0.29, 0.717) is 6.47 Å². The summed E-state index contributed by atoms with van der Waals surface area (Å²) in [5.74, 6) is 0. The smallest absolute Gasteiger partial charge is 0.294 e. The average molecular weight is 220 g/mol. The van der Waals surface area contributed by atoms with E-state index in [9.17, 15) is 4.79 Å². The van der Waals surface area contributed by atoms with Crippen LogP contribution in [0.1, 0.15) is 18.2 Å². The minimum Gasteiger partial charge on any atom is -0.444 e. The number of benzene rings is 1. The van der Waals surface area contributed by atoms with Gasteiger partial charge in [0.2, 0.25) is 0 Å². The lowest BCUT2D eigenvalue weighted by atomic mass is 10.2. The summed E-state index contributed by atoms with van der Waals surface area (Å²) in [6.07, 6.45) is 0.651. The Labute approximate surface area is 95.0 Å². The second kappa shape index (κ2) is 5.09. The molecule has 2 N–H and O–H groups in total. The molecule has 0 radical (unpaired) electrons. The van der Waals surface area contributed by atoms with Gasteiger partial charge in [-0.3, -0.25) is 9.69 Å². The van der Waals surface area contributed by atoms with Crippen LogP contribution < -0.4 is 5.73 Å². The minimum atomic E-state index is -0.299. The zero-order valence-electron chi connectivity index (χ0n) is 9.08. The highest BCUT2D eigenvalue weighted by molar-refractivity contribution is 5.38. The average Bonchev–Trinajstić information content (AvgIpc) is 2.74. The van der Waals surface area contributed by atoms with Crippen molar-refractivity contribution in [2.75, 3.05) is 13.1 Å². The van der Waals surface area contributed by atoms with Crippen LogP contribution in [0.25, 0.3) is 0 Å². The first-order valence-corrected chi connectivity index (χ1v) is 5.45. The maximum atomic E-state index is 10.5. The van der Waals surface area contributed by atoms with Crippen LogP contribution >= 0.6 is 0 Å². The molecule has 1 aliphatic rings. The van der Waals surface area contributed by atoms with Gasteiger partial charge in [-0.1, -0.05) is 30.3 Å². The van der Waals surface area contributed by atoms with E-state index in [0.717, 1.165) is 25.1 Å². The van der Waals surface area contributed by atoms with Gasteiger partial charge in [0.1, 0.15) is 0 Å². The third kappa shape index (κ3) is 2.40. The van der Waals surface area contributed by atoms with Crippen molar-refractivity contribution in [2.45, 2.75) is 18.7 Å². The summed E-state index contributed by atoms with van der Waals surface area (Å²) in [4.78, 5) is 12.6. The van der Waals surface area contributed by atoms with E-state index in [1.54, 1.807) is 0 Å². The standard InChI is InChI=1S/C12H16N2O2/c13-11-6-7-14(8-11)12(16-9-15)10-4-2-1-3-5-10/h1-5,9,11-12H,6-8,13H2. The molecule has 0 aromatic heterocycles. The first kappa shape index (κ1) is 11.1. The summed E-state index contributed by atoms with van der Waals surface area (Å²) in [5, 5.41) is 0. The van der Waals surface area contributed by atoms with E-state index in [-0.39, 0.29) is 12.3 Å². The zero-order valence-corrected chi connectivity index (χ0v) is 9.08. The molecule has 1 aliphatic heterocycles. The SMILES string of the molecule is NC1CCN(C(OC=O)c2ccccc2)C1. The van der Waals surface area contributed by atoms with Crippen molar-refractivity contribution in [1.29, 1.82) is 0 Å². The number of carbonyl (C=O) groups is 1. The largest absolute Gasteiger partial charge is 0.444 e. The molecule has 0 spiro atoms. The lowest BCUT2D eigenvalue weighted by molar-refractivity contribution is -0.143. The third-order valence-electron chi connectivity index (χ3n) is 2.86. The van der Waals surface area contributed by atoms with Crippen LogP contribution in [0.4, 0.5) is 0 Å². The molecular formula is C12H16N2O2. The van der Waals surface area contributed by atoms with Crippen molar-refractivity contribution in [3.05, 3.63) is 35.9 Å². The van der Waals surface area contributed by atoms with Crippen molar-refractivity contribution in [3.8, 4) is 0 Å². The predicted octanol–water partition coefficient (Wildman–Crippen LogP) is 0.891. The van der Waals surface area contributed by atoms with Crippen LogP contribution in [0.2, 0.25) is 0 Å². The van der Waals surface area contributed by atoms with Gasteiger partial charge in [0.25, 0.3) is 6.47 Å². The molecule has 0 aliphatic carbocycles. The molecule has 2 atom stereocenters. The van der Waals surface area contributed by atoms with E-state index in [1.165, 1.54) is 0 Å². The number of carbonyl (C=O) groups excluding carboxylic acids is 1. The molecule has 4 nitrogen and oxygen atoms in total. The topological polar surface area (TPSA) is 55.6 Å². The number of ether oxygens (including phenoxy) is 1. The highest BCUT2D eigenvalue weighted by Gasteiger charge is 2.28. The fourth-order valence-electron chi connectivity index (χ4n) is 2.07. The number of nitrogens with two attached hydrogens (primary N) is 1. The van der Waals surface area contributed by atoms with Crippen LogP contribution in [0.5, 0.6) is 0 Å². The van der Waals surface area contributed by atoms with Gasteiger partial charge in [0.05, 0.1) is 0 Å². The molecular weight excluding hydrogens is 204 g/mol. The Bertz CT molecular complexity index is 342. The van der Waals surface area contributed by atoms with E-state index in [1.807, 2.05) is 30.3 Å². The number of rotatable bonds is 4. The fraction of sp³-hybridized carbons (Fsp3) is 0.417. The Morgan fingerprint density at radius 2 is 2.19 bits per heavy atom. The van der Waals surface area contributed by atoms with Crippen LogP contribution in [0.3, 0.4) is 0 Å². The van der Waals surface area contributed by atoms with Gasteiger partial charge in [0, 0.05) is 24.7 Å². The Hall–Kier alpha value is -1.39. The number of hydrogen-bond donors (Lipinski definition) is 1. The Morgan fingerprint density at radius 1 is 1.44 bits per heavy atom. The summed E-state index contributed by atoms with van der Waals surface area (Å²) in [7, 11) is 0. The van der Waals surface area contributed by atoms with Crippen LogP contribution in [0.15, 0.2) is 30.3 Å². The first-order valence-electron chi connectivity index (χ1n) is 5.45. The zero-order chi connectivity index (χ0) is 11.4. The predicted molar refractivity (Wildman–Crippen MR) is 60.5 cm³/mol. The van der Waals surface area contributed by atoms with Gasteiger partial charge < -0.3 is 10.5 Å². The monoisotopic (exact) mass is 220 g/mol. The highest BCUT2D eigenvalue weighted by atomic mass is 16.5. The number of nitrogens with zero attached hydrogens (tertiary/aromatic N) is 1. The second-order valence-corrected chi connectivity index (χ2v) is 4.04. The molecule has 1 heterocycles. The van der Waals surface area contributed by atoms with Crippen molar-refractivity contribution in [2.24, 2.45) is 5.73 Å². The highest BCUT2D eigenvalue weighted by Crippen LogP contribution is 2.24. The molecule has 4 heteroatoms. The summed E-state index contributed by atoms with van der Waals surface area (Å²) in [5.41, 5.74) is 6.84. The molecule has 0 amide bonds. The van der Waals surface area contributed by atoms with E-state index >= 15 is 0 Å². The van der Waals surface area contributed by atoms with E-state index < -0.39 is 0 Å². The van der Waals surface area contributed by atoms with Crippen molar-refractivity contribution in [3.63, 3.8) is 0 Å². The lowest BCUT2D eigenvalue weighted by Gasteiger charge is -2.25. The number of hydrogen-bond acceptors (Lipinski definition) is 4. The van der Waals surface area contributed by atoms with Gasteiger partial charge in [-0.15, -0.1) is 0 Å². The molecule has 1 saturated heterocycles. The summed E-state index contributed by atoms with van der Waals surface area (Å²) >= 11 is 0. The Kier molecular flexibility index (Phi) is 3.54. The van der Waals surface area contributed by atoms with Crippen molar-refractivity contribution in [1.82, 2.24) is 4.90 Å². The maximum absolute atomic E-state index is 10.5. The van der Waals surface area contributed by atoms with Crippen molar-refractivity contribution >= 4 is 6.47 Å². The van der Waals surface area contributed by atoms with Gasteiger partial charge in [-0.05, 0) is 6.42 Å². The van der Waals surface area contributed by atoms with Gasteiger partial charge >= 0.3 is 0 Å². The third-order valence-corrected chi connectivity index (χ3v) is 2.86. The summed E-state index contributed by atoms with van der Waals surface area (Å²) < 4.78 is 5.15. The lowest BCUT2D eigenvalue weighted by Crippen LogP contribution is -2.31. The molecule has 1 fully saturated rings. The molecule has 2 unspecified atom stereocenters.